The first kappa shape index (κ1) is 5.39. The molecule has 0 fully saturated rings. The van der Waals surface area contributed by atoms with Crippen LogP contribution in [0.4, 0.5) is 0 Å². The van der Waals surface area contributed by atoms with Crippen LogP contribution in [-0.4, -0.2) is 19.4 Å². The molecule has 0 unspecified atom stereocenters. The van der Waals surface area contributed by atoms with Gasteiger partial charge in [0.25, 0.3) is 0 Å². The first-order valence-corrected chi connectivity index (χ1v) is 6.36. The Morgan fingerprint density at radius 1 is 1.20 bits per heavy atom. The molecule has 0 saturated heterocycles. The Morgan fingerprint density at radius 2 is 1.60 bits per heavy atom. The van der Waals surface area contributed by atoms with E-state index in [-0.39, 0.29) is 19.4 Å². The van der Waals surface area contributed by atoms with Crippen LogP contribution in [0.3, 0.4) is 0 Å². The van der Waals surface area contributed by atoms with Gasteiger partial charge < -0.3 is 4.65 Å². The molecule has 3 heteroatoms. The van der Waals surface area contributed by atoms with Crippen LogP contribution < -0.4 is 4.65 Å². The van der Waals surface area contributed by atoms with E-state index in [0.29, 0.717) is 0 Å². The molecule has 0 spiro atoms. The summed E-state index contributed by atoms with van der Waals surface area (Å²) < 4.78 is 3.39. The first-order valence-electron chi connectivity index (χ1n) is 2.12. The molecule has 0 aliphatic carbocycles. The van der Waals surface area contributed by atoms with Gasteiger partial charge in [-0.25, -0.2) is 0 Å². The van der Waals surface area contributed by atoms with E-state index in [4.69, 9.17) is 0 Å². The normalized spacial score (nSPS) is 13.2. The molecule has 0 aromatic heterocycles. The Bertz CT molecular complexity index is 15.1. The average molecular weight is 105 g/mol. The molecule has 0 bridgehead atoms. The third-order valence-electron chi connectivity index (χ3n) is 0.500. The third-order valence-corrected chi connectivity index (χ3v) is 4.50. The SMILES string of the molecule is C[SiH2]N[SiH2]C. The summed E-state index contributed by atoms with van der Waals surface area (Å²) in [7, 11) is 0.451. The summed E-state index contributed by atoms with van der Waals surface area (Å²) in [6.45, 7) is 4.55. The Morgan fingerprint density at radius 3 is 1.60 bits per heavy atom. The van der Waals surface area contributed by atoms with Gasteiger partial charge >= 0.3 is 0 Å². The molecule has 0 rings (SSSR count). The van der Waals surface area contributed by atoms with Gasteiger partial charge in [0.1, 0.15) is 0 Å². The second kappa shape index (κ2) is 4.39. The summed E-state index contributed by atoms with van der Waals surface area (Å²) in [5.41, 5.74) is 0. The van der Waals surface area contributed by atoms with Crippen molar-refractivity contribution in [3.63, 3.8) is 0 Å². The maximum Gasteiger partial charge on any atom is 0.0813 e. The number of hydrogen-bond acceptors (Lipinski definition) is 1. The fourth-order valence-corrected chi connectivity index (χ4v) is 2.25. The number of nitrogens with one attached hydrogen (secondary N) is 1. The molecule has 0 radical (unpaired) electrons. The summed E-state index contributed by atoms with van der Waals surface area (Å²) in [5.74, 6) is 0. The van der Waals surface area contributed by atoms with Gasteiger partial charge in [0.05, 0.1) is 19.4 Å². The molecule has 0 aromatic carbocycles. The van der Waals surface area contributed by atoms with Gasteiger partial charge in [-0.2, -0.15) is 0 Å². The van der Waals surface area contributed by atoms with Gasteiger partial charge in [0.2, 0.25) is 0 Å². The van der Waals surface area contributed by atoms with Crippen molar-refractivity contribution in [1.29, 1.82) is 0 Å². The highest BCUT2D eigenvalue weighted by molar-refractivity contribution is 6.48. The van der Waals surface area contributed by atoms with Crippen LogP contribution in [0.5, 0.6) is 0 Å². The zero-order chi connectivity index (χ0) is 4.12. The minimum atomic E-state index is 0.226. The fourth-order valence-electron chi connectivity index (χ4n) is 0.250. The van der Waals surface area contributed by atoms with E-state index in [0.717, 1.165) is 0 Å². The molecule has 0 atom stereocenters. The number of hydrogen-bond donors (Lipinski definition) is 1. The summed E-state index contributed by atoms with van der Waals surface area (Å²) >= 11 is 0. The smallest absolute Gasteiger partial charge is 0.0813 e. The summed E-state index contributed by atoms with van der Waals surface area (Å²) in [5, 5.41) is 0. The van der Waals surface area contributed by atoms with Crippen molar-refractivity contribution in [3.05, 3.63) is 0 Å². The minimum Gasteiger partial charge on any atom is -0.369 e. The Hall–Kier alpha value is 0.394. The zero-order valence-corrected chi connectivity index (χ0v) is 6.74. The predicted octanol–water partition coefficient (Wildman–Crippen LogP) is -1.16. The summed E-state index contributed by atoms with van der Waals surface area (Å²) in [4.78, 5) is 0. The van der Waals surface area contributed by atoms with Gasteiger partial charge in [0, 0.05) is 0 Å². The maximum atomic E-state index is 3.39. The van der Waals surface area contributed by atoms with E-state index in [1.165, 1.54) is 0 Å². The van der Waals surface area contributed by atoms with Gasteiger partial charge in [-0.05, 0) is 0 Å². The molecule has 32 valence electrons. The van der Waals surface area contributed by atoms with Crippen LogP contribution >= 0.6 is 0 Å². The van der Waals surface area contributed by atoms with Gasteiger partial charge in [-0.15, -0.1) is 0 Å². The van der Waals surface area contributed by atoms with E-state index in [9.17, 15) is 0 Å². The largest absolute Gasteiger partial charge is 0.369 e. The molecular weight excluding hydrogens is 94.2 g/mol. The van der Waals surface area contributed by atoms with E-state index in [2.05, 4.69) is 17.7 Å². The lowest BCUT2D eigenvalue weighted by Gasteiger charge is -1.84. The maximum absolute atomic E-state index is 3.39. The van der Waals surface area contributed by atoms with Gasteiger partial charge in [0.15, 0.2) is 0 Å². The van der Waals surface area contributed by atoms with Crippen LogP contribution in [-0.2, 0) is 0 Å². The molecule has 1 nitrogen and oxygen atoms in total. The van der Waals surface area contributed by atoms with E-state index < -0.39 is 0 Å². The predicted molar refractivity (Wildman–Crippen MR) is 32.0 cm³/mol. The van der Waals surface area contributed by atoms with Crippen LogP contribution in [0.25, 0.3) is 0 Å². The topological polar surface area (TPSA) is 12.0 Å². The van der Waals surface area contributed by atoms with Crippen molar-refractivity contribution >= 4 is 19.4 Å². The lowest BCUT2D eigenvalue weighted by molar-refractivity contribution is 1.57. The highest BCUT2D eigenvalue weighted by Crippen LogP contribution is 1.41. The molecule has 0 heterocycles. The summed E-state index contributed by atoms with van der Waals surface area (Å²) in [6, 6.07) is 0. The molecule has 1 N–H and O–H groups in total. The molecule has 0 aliphatic rings. The van der Waals surface area contributed by atoms with Crippen LogP contribution in [0, 0.1) is 0 Å². The number of rotatable bonds is 2. The van der Waals surface area contributed by atoms with Crippen molar-refractivity contribution < 1.29 is 0 Å². The Kier molecular flexibility index (Phi) is 4.74. The average Bonchev–Trinajstić information content (AvgIpc) is 1.41. The molecule has 0 saturated carbocycles. The molecule has 5 heavy (non-hydrogen) atoms. The van der Waals surface area contributed by atoms with Crippen molar-refractivity contribution in [2.24, 2.45) is 0 Å². The lowest BCUT2D eigenvalue weighted by atomic mass is 11.9. The first-order chi connectivity index (χ1) is 2.41. The highest BCUT2D eigenvalue weighted by atomic mass is 28.3. The quantitative estimate of drug-likeness (QED) is 0.437. The third kappa shape index (κ3) is 4.39. The van der Waals surface area contributed by atoms with Crippen molar-refractivity contribution in [1.82, 2.24) is 4.65 Å². The fraction of sp³-hybridized carbons (Fsp3) is 1.00. The van der Waals surface area contributed by atoms with E-state index in [1.807, 2.05) is 0 Å². The zero-order valence-electron chi connectivity index (χ0n) is 3.91. The summed E-state index contributed by atoms with van der Waals surface area (Å²) in [6.07, 6.45) is 0. The Balaban J connectivity index is 2.19. The van der Waals surface area contributed by atoms with Crippen molar-refractivity contribution in [2.45, 2.75) is 13.1 Å². The highest BCUT2D eigenvalue weighted by Gasteiger charge is 1.66. The molecule has 0 aliphatic heterocycles. The second-order valence-electron chi connectivity index (χ2n) is 0.957. The lowest BCUT2D eigenvalue weighted by Crippen LogP contribution is -2.17. The van der Waals surface area contributed by atoms with Gasteiger partial charge in [-0.1, -0.05) is 13.1 Å². The van der Waals surface area contributed by atoms with E-state index >= 15 is 0 Å². The Labute approximate surface area is 38.0 Å². The van der Waals surface area contributed by atoms with Crippen LogP contribution in [0.1, 0.15) is 0 Å². The van der Waals surface area contributed by atoms with E-state index in [1.54, 1.807) is 0 Å². The standard InChI is InChI=1S/C2H11NSi2/c1-4-3-5-2/h3H,4-5H2,1-2H3. The second-order valence-corrected chi connectivity index (χ2v) is 4.37. The molecule has 0 aromatic rings. The molecule has 0 amide bonds. The minimum absolute atomic E-state index is 0.226. The molecular formula is C2H11NSi2. The van der Waals surface area contributed by atoms with Crippen LogP contribution in [0.2, 0.25) is 13.1 Å². The van der Waals surface area contributed by atoms with Crippen molar-refractivity contribution in [3.8, 4) is 0 Å². The van der Waals surface area contributed by atoms with Crippen LogP contribution in [0.15, 0.2) is 0 Å². The van der Waals surface area contributed by atoms with Gasteiger partial charge in [-0.3, -0.25) is 0 Å². The van der Waals surface area contributed by atoms with Crippen molar-refractivity contribution in [2.75, 3.05) is 0 Å². The monoisotopic (exact) mass is 105 g/mol.